The SMILES string of the molecule is CC(C)CNC(=NCC(=O)N(C)C)NC1CCN(c2ccccc2OC(F)F)C1. The number of amides is 1. The van der Waals surface area contributed by atoms with Crippen LogP contribution in [-0.4, -0.2) is 69.7 Å². The summed E-state index contributed by atoms with van der Waals surface area (Å²) in [7, 11) is 3.39. The molecule has 0 bridgehead atoms. The minimum absolute atomic E-state index is 0.0575. The van der Waals surface area contributed by atoms with E-state index in [-0.39, 0.29) is 24.2 Å². The van der Waals surface area contributed by atoms with Crippen LogP contribution in [0.1, 0.15) is 20.3 Å². The summed E-state index contributed by atoms with van der Waals surface area (Å²) in [5.41, 5.74) is 0.647. The molecule has 1 heterocycles. The molecule has 0 aliphatic carbocycles. The first kappa shape index (κ1) is 22.7. The van der Waals surface area contributed by atoms with Gasteiger partial charge in [-0.05, 0) is 24.5 Å². The number of anilines is 1. The molecule has 2 N–H and O–H groups in total. The maximum Gasteiger partial charge on any atom is 0.387 e. The van der Waals surface area contributed by atoms with Crippen molar-refractivity contribution in [3.63, 3.8) is 0 Å². The van der Waals surface area contributed by atoms with Gasteiger partial charge in [-0.3, -0.25) is 4.79 Å². The molecular formula is C20H31F2N5O2. The van der Waals surface area contributed by atoms with Gasteiger partial charge in [0.1, 0.15) is 12.3 Å². The monoisotopic (exact) mass is 411 g/mol. The second-order valence-electron chi connectivity index (χ2n) is 7.65. The van der Waals surface area contributed by atoms with Gasteiger partial charge in [-0.1, -0.05) is 26.0 Å². The van der Waals surface area contributed by atoms with Crippen LogP contribution >= 0.6 is 0 Å². The van der Waals surface area contributed by atoms with Crippen molar-refractivity contribution in [1.82, 2.24) is 15.5 Å². The Kier molecular flexibility index (Phi) is 8.48. The van der Waals surface area contributed by atoms with Crippen LogP contribution in [0.2, 0.25) is 0 Å². The van der Waals surface area contributed by atoms with E-state index < -0.39 is 6.61 Å². The summed E-state index contributed by atoms with van der Waals surface area (Å²) >= 11 is 0. The largest absolute Gasteiger partial charge is 0.433 e. The van der Waals surface area contributed by atoms with Crippen molar-refractivity contribution >= 4 is 17.6 Å². The third kappa shape index (κ3) is 7.40. The van der Waals surface area contributed by atoms with E-state index in [9.17, 15) is 13.6 Å². The van der Waals surface area contributed by atoms with Crippen LogP contribution in [0.4, 0.5) is 14.5 Å². The molecule has 1 aliphatic rings. The number of hydrogen-bond donors (Lipinski definition) is 2. The zero-order chi connectivity index (χ0) is 21.4. The van der Waals surface area contributed by atoms with E-state index >= 15 is 0 Å². The first-order chi connectivity index (χ1) is 13.8. The number of aliphatic imine (C=N–C) groups is 1. The predicted octanol–water partition coefficient (Wildman–Crippen LogP) is 2.15. The second kappa shape index (κ2) is 10.8. The Morgan fingerprint density at radius 3 is 2.72 bits per heavy atom. The van der Waals surface area contributed by atoms with Crippen molar-refractivity contribution in [2.24, 2.45) is 10.9 Å². The molecule has 0 spiro atoms. The summed E-state index contributed by atoms with van der Waals surface area (Å²) in [5.74, 6) is 1.09. The van der Waals surface area contributed by atoms with Crippen LogP contribution in [0.25, 0.3) is 0 Å². The number of para-hydroxylation sites is 2. The summed E-state index contributed by atoms with van der Waals surface area (Å²) in [6.07, 6.45) is 0.813. The van der Waals surface area contributed by atoms with Crippen molar-refractivity contribution in [2.45, 2.75) is 32.9 Å². The van der Waals surface area contributed by atoms with Crippen LogP contribution in [0.5, 0.6) is 5.75 Å². The van der Waals surface area contributed by atoms with Crippen LogP contribution in [0.15, 0.2) is 29.3 Å². The van der Waals surface area contributed by atoms with Gasteiger partial charge in [0.05, 0.1) is 5.69 Å². The first-order valence-corrected chi connectivity index (χ1v) is 9.80. The summed E-state index contributed by atoms with van der Waals surface area (Å²) in [4.78, 5) is 19.8. The summed E-state index contributed by atoms with van der Waals surface area (Å²) in [5, 5.41) is 6.62. The molecule has 1 aromatic carbocycles. The van der Waals surface area contributed by atoms with Gasteiger partial charge in [0.25, 0.3) is 0 Å². The number of carbonyl (C=O) groups is 1. The maximum atomic E-state index is 12.7. The number of benzene rings is 1. The van der Waals surface area contributed by atoms with Gasteiger partial charge in [0, 0.05) is 39.8 Å². The van der Waals surface area contributed by atoms with E-state index in [1.165, 1.54) is 4.90 Å². The molecule has 1 atom stereocenters. The third-order valence-corrected chi connectivity index (χ3v) is 4.50. The zero-order valence-corrected chi connectivity index (χ0v) is 17.5. The predicted molar refractivity (Wildman–Crippen MR) is 111 cm³/mol. The van der Waals surface area contributed by atoms with Gasteiger partial charge in [-0.25, -0.2) is 4.99 Å². The normalized spacial score (nSPS) is 17.0. The molecule has 9 heteroatoms. The highest BCUT2D eigenvalue weighted by atomic mass is 19.3. The summed E-state index contributed by atoms with van der Waals surface area (Å²) < 4.78 is 30.0. The minimum atomic E-state index is -2.86. The summed E-state index contributed by atoms with van der Waals surface area (Å²) in [6.45, 7) is 3.43. The van der Waals surface area contributed by atoms with Crippen molar-refractivity contribution in [2.75, 3.05) is 45.2 Å². The third-order valence-electron chi connectivity index (χ3n) is 4.50. The Morgan fingerprint density at radius 1 is 1.34 bits per heavy atom. The molecule has 2 rings (SSSR count). The van der Waals surface area contributed by atoms with Gasteiger partial charge in [0.15, 0.2) is 5.96 Å². The molecule has 1 amide bonds. The van der Waals surface area contributed by atoms with Gasteiger partial charge >= 0.3 is 6.61 Å². The van der Waals surface area contributed by atoms with Crippen molar-refractivity contribution in [1.29, 1.82) is 0 Å². The lowest BCUT2D eigenvalue weighted by molar-refractivity contribution is -0.127. The number of nitrogens with one attached hydrogen (secondary N) is 2. The quantitative estimate of drug-likeness (QED) is 0.507. The second-order valence-corrected chi connectivity index (χ2v) is 7.65. The topological polar surface area (TPSA) is 69.2 Å². The highest BCUT2D eigenvalue weighted by Gasteiger charge is 2.26. The number of guanidine groups is 1. The van der Waals surface area contributed by atoms with E-state index in [1.807, 2.05) is 4.90 Å². The van der Waals surface area contributed by atoms with E-state index in [4.69, 9.17) is 0 Å². The molecule has 1 unspecified atom stereocenters. The van der Waals surface area contributed by atoms with E-state index in [0.29, 0.717) is 30.7 Å². The van der Waals surface area contributed by atoms with Crippen LogP contribution < -0.4 is 20.3 Å². The Bertz CT molecular complexity index is 697. The van der Waals surface area contributed by atoms with Crippen LogP contribution in [0.3, 0.4) is 0 Å². The highest BCUT2D eigenvalue weighted by molar-refractivity contribution is 5.85. The molecule has 29 heavy (non-hydrogen) atoms. The lowest BCUT2D eigenvalue weighted by atomic mass is 10.2. The first-order valence-electron chi connectivity index (χ1n) is 9.80. The van der Waals surface area contributed by atoms with Gasteiger partial charge in [-0.2, -0.15) is 8.78 Å². The Hall–Kier alpha value is -2.58. The summed E-state index contributed by atoms with van der Waals surface area (Å²) in [6, 6.07) is 6.88. The Morgan fingerprint density at radius 2 is 2.07 bits per heavy atom. The Labute approximate surface area is 171 Å². The number of likely N-dealkylation sites (N-methyl/N-ethyl adjacent to an activating group) is 1. The number of ether oxygens (including phenoxy) is 1. The number of carbonyl (C=O) groups excluding carboxylic acids is 1. The molecule has 1 saturated heterocycles. The number of halogens is 2. The van der Waals surface area contributed by atoms with Crippen molar-refractivity contribution in [3.05, 3.63) is 24.3 Å². The molecular weight excluding hydrogens is 380 g/mol. The molecule has 1 fully saturated rings. The van der Waals surface area contributed by atoms with Crippen LogP contribution in [-0.2, 0) is 4.79 Å². The fourth-order valence-corrected chi connectivity index (χ4v) is 2.95. The number of alkyl halides is 2. The lowest BCUT2D eigenvalue weighted by Gasteiger charge is -2.23. The van der Waals surface area contributed by atoms with E-state index in [2.05, 4.69) is 34.2 Å². The number of rotatable bonds is 8. The van der Waals surface area contributed by atoms with E-state index in [1.54, 1.807) is 38.4 Å². The molecule has 162 valence electrons. The molecule has 0 radical (unpaired) electrons. The van der Waals surface area contributed by atoms with Gasteiger partial charge in [0.2, 0.25) is 5.91 Å². The average Bonchev–Trinajstić information content (AvgIpc) is 3.11. The fraction of sp³-hybridized carbons (Fsp3) is 0.600. The standard InChI is InChI=1S/C20H31F2N5O2/c1-14(2)11-23-20(24-12-18(28)26(3)4)25-15-9-10-27(13-15)16-7-5-6-8-17(16)29-19(21)22/h5-8,14-15,19H,9-13H2,1-4H3,(H2,23,24,25). The molecule has 1 aliphatic heterocycles. The van der Waals surface area contributed by atoms with Gasteiger partial charge in [-0.15, -0.1) is 0 Å². The number of hydrogen-bond acceptors (Lipinski definition) is 4. The molecule has 7 nitrogen and oxygen atoms in total. The zero-order valence-electron chi connectivity index (χ0n) is 17.5. The minimum Gasteiger partial charge on any atom is -0.433 e. The molecule has 0 aromatic heterocycles. The van der Waals surface area contributed by atoms with Gasteiger partial charge < -0.3 is 25.2 Å². The highest BCUT2D eigenvalue weighted by Crippen LogP contribution is 2.31. The smallest absolute Gasteiger partial charge is 0.387 e. The Balaban J connectivity index is 2.03. The maximum absolute atomic E-state index is 12.7. The average molecular weight is 411 g/mol. The van der Waals surface area contributed by atoms with Crippen molar-refractivity contribution in [3.8, 4) is 5.75 Å². The molecule has 0 saturated carbocycles. The lowest BCUT2D eigenvalue weighted by Crippen LogP contribution is -2.46. The number of nitrogens with zero attached hydrogens (tertiary/aromatic N) is 3. The fourth-order valence-electron chi connectivity index (χ4n) is 2.95. The van der Waals surface area contributed by atoms with E-state index in [0.717, 1.165) is 13.0 Å². The van der Waals surface area contributed by atoms with Crippen LogP contribution in [0, 0.1) is 5.92 Å². The van der Waals surface area contributed by atoms with Crippen molar-refractivity contribution < 1.29 is 18.3 Å². The molecule has 1 aromatic rings.